The quantitative estimate of drug-likeness (QED) is 0.181. The van der Waals surface area contributed by atoms with Crippen LogP contribution in [0, 0.1) is 0 Å². The summed E-state index contributed by atoms with van der Waals surface area (Å²) in [7, 11) is 0. The van der Waals surface area contributed by atoms with Gasteiger partial charge in [-0.2, -0.15) is 0 Å². The predicted octanol–water partition coefficient (Wildman–Crippen LogP) is 6.47. The van der Waals surface area contributed by atoms with E-state index in [9.17, 15) is 0 Å². The Kier molecular flexibility index (Phi) is 18.1. The summed E-state index contributed by atoms with van der Waals surface area (Å²) in [4.78, 5) is 0. The second-order valence-corrected chi connectivity index (χ2v) is 7.00. The molecule has 0 spiro atoms. The standard InChI is InChI=1S/C22H46O4/c1-6-11-13-14-15-16-17-21(23-18-8-3)22(24-10-5,25-19-9-4)26-20-12-7-2/h21H,6-20H2,1-5H3. The summed E-state index contributed by atoms with van der Waals surface area (Å²) in [5.74, 6) is -1.06. The molecule has 0 aromatic rings. The van der Waals surface area contributed by atoms with Gasteiger partial charge in [0.15, 0.2) is 0 Å². The van der Waals surface area contributed by atoms with Crippen LogP contribution in [0.15, 0.2) is 0 Å². The molecule has 0 bridgehead atoms. The Balaban J connectivity index is 4.94. The number of hydrogen-bond donors (Lipinski definition) is 0. The van der Waals surface area contributed by atoms with Crippen molar-refractivity contribution in [2.45, 2.75) is 117 Å². The highest BCUT2D eigenvalue weighted by atomic mass is 16.9. The molecule has 2 atom stereocenters. The Morgan fingerprint density at radius 2 is 1.19 bits per heavy atom. The van der Waals surface area contributed by atoms with Crippen molar-refractivity contribution in [3.05, 3.63) is 0 Å². The summed E-state index contributed by atoms with van der Waals surface area (Å²) >= 11 is 0. The lowest BCUT2D eigenvalue weighted by atomic mass is 10.1. The van der Waals surface area contributed by atoms with Gasteiger partial charge in [-0.25, -0.2) is 0 Å². The number of ether oxygens (including phenoxy) is 4. The Labute approximate surface area is 163 Å². The summed E-state index contributed by atoms with van der Waals surface area (Å²) in [6.07, 6.45) is 12.4. The third-order valence-electron chi connectivity index (χ3n) is 4.39. The van der Waals surface area contributed by atoms with E-state index in [1.807, 2.05) is 6.92 Å². The number of rotatable bonds is 20. The van der Waals surface area contributed by atoms with Crippen molar-refractivity contribution >= 4 is 0 Å². The van der Waals surface area contributed by atoms with E-state index >= 15 is 0 Å². The molecule has 0 aliphatic heterocycles. The third-order valence-corrected chi connectivity index (χ3v) is 4.39. The Morgan fingerprint density at radius 1 is 0.577 bits per heavy atom. The van der Waals surface area contributed by atoms with E-state index in [1.54, 1.807) is 0 Å². The van der Waals surface area contributed by atoms with E-state index in [4.69, 9.17) is 18.9 Å². The molecule has 0 N–H and O–H groups in total. The van der Waals surface area contributed by atoms with Gasteiger partial charge in [0.05, 0.1) is 13.2 Å². The number of hydrogen-bond acceptors (Lipinski definition) is 4. The first-order valence-corrected chi connectivity index (χ1v) is 11.2. The van der Waals surface area contributed by atoms with Crippen LogP contribution in [0.3, 0.4) is 0 Å². The van der Waals surface area contributed by atoms with Crippen LogP contribution in [0.1, 0.15) is 105 Å². The molecule has 0 aromatic heterocycles. The Bertz CT molecular complexity index is 285. The smallest absolute Gasteiger partial charge is 0.310 e. The van der Waals surface area contributed by atoms with Crippen LogP contribution in [0.5, 0.6) is 0 Å². The molecule has 0 saturated heterocycles. The molecule has 4 nitrogen and oxygen atoms in total. The first kappa shape index (κ1) is 25.8. The summed E-state index contributed by atoms with van der Waals surface area (Å²) in [6.45, 7) is 13.2. The molecule has 0 rings (SSSR count). The minimum Gasteiger partial charge on any atom is -0.370 e. The fourth-order valence-corrected chi connectivity index (χ4v) is 2.94. The highest BCUT2D eigenvalue weighted by Crippen LogP contribution is 2.28. The van der Waals surface area contributed by atoms with E-state index in [2.05, 4.69) is 27.7 Å². The normalized spacial score (nSPS) is 15.1. The predicted molar refractivity (Wildman–Crippen MR) is 109 cm³/mol. The van der Waals surface area contributed by atoms with E-state index in [-0.39, 0.29) is 6.10 Å². The number of unbranched alkanes of at least 4 members (excludes halogenated alkanes) is 6. The topological polar surface area (TPSA) is 36.9 Å². The highest BCUT2D eigenvalue weighted by molar-refractivity contribution is 4.74. The molecule has 0 saturated carbocycles. The zero-order valence-corrected chi connectivity index (χ0v) is 18.3. The summed E-state index contributed by atoms with van der Waals surface area (Å²) in [6, 6.07) is 0. The molecule has 2 unspecified atom stereocenters. The van der Waals surface area contributed by atoms with Crippen LogP contribution < -0.4 is 0 Å². The second-order valence-electron chi connectivity index (χ2n) is 7.00. The molecule has 26 heavy (non-hydrogen) atoms. The van der Waals surface area contributed by atoms with Gasteiger partial charge in [0.1, 0.15) is 6.10 Å². The Hall–Kier alpha value is -0.160. The Morgan fingerprint density at radius 3 is 1.81 bits per heavy atom. The maximum atomic E-state index is 6.20. The van der Waals surface area contributed by atoms with Gasteiger partial charge in [-0.15, -0.1) is 0 Å². The molecule has 0 aliphatic carbocycles. The minimum atomic E-state index is -1.06. The van der Waals surface area contributed by atoms with Gasteiger partial charge in [-0.1, -0.05) is 72.6 Å². The van der Waals surface area contributed by atoms with Crippen molar-refractivity contribution in [2.24, 2.45) is 0 Å². The van der Waals surface area contributed by atoms with Crippen molar-refractivity contribution in [1.82, 2.24) is 0 Å². The summed E-state index contributed by atoms with van der Waals surface area (Å²) in [5.41, 5.74) is 0. The van der Waals surface area contributed by atoms with Crippen LogP contribution in [0.4, 0.5) is 0 Å². The van der Waals surface area contributed by atoms with Gasteiger partial charge in [0, 0.05) is 13.2 Å². The van der Waals surface area contributed by atoms with Crippen molar-refractivity contribution in [3.8, 4) is 0 Å². The van der Waals surface area contributed by atoms with Crippen LogP contribution in [0.2, 0.25) is 0 Å². The zero-order valence-electron chi connectivity index (χ0n) is 18.3. The molecule has 0 aromatic carbocycles. The van der Waals surface area contributed by atoms with Gasteiger partial charge in [-0.3, -0.25) is 0 Å². The minimum absolute atomic E-state index is 0.169. The monoisotopic (exact) mass is 374 g/mol. The zero-order chi connectivity index (χ0) is 19.5. The van der Waals surface area contributed by atoms with Crippen LogP contribution >= 0.6 is 0 Å². The first-order valence-electron chi connectivity index (χ1n) is 11.2. The highest BCUT2D eigenvalue weighted by Gasteiger charge is 2.43. The molecular formula is C22H46O4. The van der Waals surface area contributed by atoms with Crippen molar-refractivity contribution in [1.29, 1.82) is 0 Å². The van der Waals surface area contributed by atoms with Crippen LogP contribution in [-0.2, 0) is 18.9 Å². The average Bonchev–Trinajstić information content (AvgIpc) is 2.65. The largest absolute Gasteiger partial charge is 0.370 e. The van der Waals surface area contributed by atoms with Crippen molar-refractivity contribution in [3.63, 3.8) is 0 Å². The molecule has 4 heteroatoms. The fourth-order valence-electron chi connectivity index (χ4n) is 2.94. The SMILES string of the molecule is CCCCCCCCC(OCCC)C(OCC)(OCCC)OCCCC. The van der Waals surface area contributed by atoms with Crippen molar-refractivity contribution < 1.29 is 18.9 Å². The first-order chi connectivity index (χ1) is 12.7. The van der Waals surface area contributed by atoms with Gasteiger partial charge in [0.25, 0.3) is 0 Å². The fraction of sp³-hybridized carbons (Fsp3) is 1.00. The summed E-state index contributed by atoms with van der Waals surface area (Å²) < 4.78 is 24.6. The molecule has 0 heterocycles. The van der Waals surface area contributed by atoms with Crippen LogP contribution in [-0.4, -0.2) is 38.5 Å². The van der Waals surface area contributed by atoms with E-state index in [1.165, 1.54) is 32.1 Å². The molecule has 0 aliphatic rings. The maximum Gasteiger partial charge on any atom is 0.310 e. The average molecular weight is 375 g/mol. The lowest BCUT2D eigenvalue weighted by molar-refractivity contribution is -0.417. The van der Waals surface area contributed by atoms with Gasteiger partial charge >= 0.3 is 5.97 Å². The molecule has 0 radical (unpaired) electrons. The molecule has 0 amide bonds. The van der Waals surface area contributed by atoms with E-state index in [0.717, 1.165) is 38.5 Å². The summed E-state index contributed by atoms with van der Waals surface area (Å²) in [5, 5.41) is 0. The van der Waals surface area contributed by atoms with E-state index < -0.39 is 5.97 Å². The van der Waals surface area contributed by atoms with Gasteiger partial charge in [0.2, 0.25) is 0 Å². The lowest BCUT2D eigenvalue weighted by Crippen LogP contribution is -2.52. The molecular weight excluding hydrogens is 328 g/mol. The molecule has 0 fully saturated rings. The van der Waals surface area contributed by atoms with E-state index in [0.29, 0.717) is 26.4 Å². The second kappa shape index (κ2) is 18.2. The van der Waals surface area contributed by atoms with Crippen molar-refractivity contribution in [2.75, 3.05) is 26.4 Å². The van der Waals surface area contributed by atoms with Crippen LogP contribution in [0.25, 0.3) is 0 Å². The maximum absolute atomic E-state index is 6.20. The molecule has 158 valence electrons. The van der Waals surface area contributed by atoms with Gasteiger partial charge < -0.3 is 18.9 Å². The van der Waals surface area contributed by atoms with Gasteiger partial charge in [-0.05, 0) is 32.6 Å². The lowest BCUT2D eigenvalue weighted by Gasteiger charge is -2.39. The third kappa shape index (κ3) is 11.5.